The smallest absolute Gasteiger partial charge is 0.0553 e. The van der Waals surface area contributed by atoms with E-state index in [4.69, 9.17) is 0 Å². The fourth-order valence-electron chi connectivity index (χ4n) is 2.16. The van der Waals surface area contributed by atoms with Crippen LogP contribution in [0.25, 0.3) is 5.69 Å². The van der Waals surface area contributed by atoms with Crippen LogP contribution in [0.5, 0.6) is 0 Å². The van der Waals surface area contributed by atoms with Crippen LogP contribution in [0.1, 0.15) is 5.69 Å². The fraction of sp³-hybridized carbons (Fsp3) is 0.125. The molecule has 0 unspecified atom stereocenters. The van der Waals surface area contributed by atoms with Crippen molar-refractivity contribution in [1.29, 1.82) is 0 Å². The molecule has 0 radical (unpaired) electrons. The molecule has 1 N–H and O–H groups in total. The maximum atomic E-state index is 3.46. The Bertz CT molecular complexity index is 650. The van der Waals surface area contributed by atoms with Gasteiger partial charge in [0.15, 0.2) is 0 Å². The van der Waals surface area contributed by atoms with Crippen LogP contribution in [0.4, 0.5) is 5.69 Å². The highest BCUT2D eigenvalue weighted by molar-refractivity contribution is 5.51. The van der Waals surface area contributed by atoms with Gasteiger partial charge < -0.3 is 14.5 Å². The summed E-state index contributed by atoms with van der Waals surface area (Å²) < 4.78 is 4.23. The second kappa shape index (κ2) is 5.06. The Morgan fingerprint density at radius 2 is 1.79 bits per heavy atom. The summed E-state index contributed by atoms with van der Waals surface area (Å²) in [5.41, 5.74) is 3.57. The molecule has 0 amide bonds. The van der Waals surface area contributed by atoms with Crippen LogP contribution >= 0.6 is 0 Å². The second-order valence-electron chi connectivity index (χ2n) is 4.60. The molecule has 0 fully saturated rings. The average Bonchev–Trinajstić information content (AvgIpc) is 3.08. The maximum absolute atomic E-state index is 3.46. The van der Waals surface area contributed by atoms with Crippen LogP contribution in [-0.4, -0.2) is 9.13 Å². The first-order valence-electron chi connectivity index (χ1n) is 6.40. The third kappa shape index (κ3) is 2.55. The zero-order valence-corrected chi connectivity index (χ0v) is 11.0. The van der Waals surface area contributed by atoms with Gasteiger partial charge in [-0.2, -0.15) is 0 Å². The predicted octanol–water partition coefficient (Wildman–Crippen LogP) is 3.43. The van der Waals surface area contributed by atoms with Crippen molar-refractivity contribution in [2.75, 3.05) is 5.32 Å². The molecule has 3 nitrogen and oxygen atoms in total. The lowest BCUT2D eigenvalue weighted by Crippen LogP contribution is -2.04. The van der Waals surface area contributed by atoms with Gasteiger partial charge in [-0.3, -0.25) is 0 Å². The van der Waals surface area contributed by atoms with E-state index in [9.17, 15) is 0 Å². The van der Waals surface area contributed by atoms with Crippen LogP contribution in [-0.2, 0) is 13.6 Å². The van der Waals surface area contributed by atoms with Crippen LogP contribution in [0, 0.1) is 0 Å². The van der Waals surface area contributed by atoms with Crippen LogP contribution in [0.2, 0.25) is 0 Å². The summed E-state index contributed by atoms with van der Waals surface area (Å²) in [4.78, 5) is 0. The molecule has 0 aliphatic carbocycles. The van der Waals surface area contributed by atoms with Gasteiger partial charge in [0, 0.05) is 42.7 Å². The predicted molar refractivity (Wildman–Crippen MR) is 78.5 cm³/mol. The van der Waals surface area contributed by atoms with E-state index in [0.29, 0.717) is 0 Å². The quantitative estimate of drug-likeness (QED) is 0.754. The first-order valence-corrected chi connectivity index (χ1v) is 6.40. The number of benzene rings is 1. The van der Waals surface area contributed by atoms with Crippen molar-refractivity contribution >= 4 is 5.69 Å². The molecule has 3 heteroatoms. The summed E-state index contributed by atoms with van der Waals surface area (Å²) in [7, 11) is 2.06. The van der Waals surface area contributed by atoms with E-state index in [1.165, 1.54) is 11.4 Å². The normalized spacial score (nSPS) is 10.6. The molecule has 0 bridgehead atoms. The van der Waals surface area contributed by atoms with E-state index < -0.39 is 0 Å². The first-order chi connectivity index (χ1) is 9.33. The number of anilines is 1. The third-order valence-corrected chi connectivity index (χ3v) is 3.27. The number of hydrogen-bond donors (Lipinski definition) is 1. The van der Waals surface area contributed by atoms with E-state index in [0.717, 1.165) is 12.2 Å². The van der Waals surface area contributed by atoms with E-state index in [2.05, 4.69) is 76.5 Å². The van der Waals surface area contributed by atoms with Crippen molar-refractivity contribution in [2.45, 2.75) is 6.54 Å². The molecule has 0 spiro atoms. The lowest BCUT2D eigenvalue weighted by Gasteiger charge is -2.10. The molecule has 0 aliphatic heterocycles. The van der Waals surface area contributed by atoms with Gasteiger partial charge in [-0.1, -0.05) is 6.07 Å². The molecule has 0 atom stereocenters. The lowest BCUT2D eigenvalue weighted by atomic mass is 10.2. The van der Waals surface area contributed by atoms with E-state index in [1.807, 2.05) is 12.1 Å². The van der Waals surface area contributed by atoms with Crippen molar-refractivity contribution in [3.8, 4) is 5.69 Å². The highest BCUT2D eigenvalue weighted by Gasteiger charge is 1.99. The molecule has 0 saturated carbocycles. The largest absolute Gasteiger partial charge is 0.379 e. The zero-order chi connectivity index (χ0) is 13.1. The van der Waals surface area contributed by atoms with Crippen LogP contribution < -0.4 is 5.32 Å². The monoisotopic (exact) mass is 251 g/mol. The Kier molecular flexibility index (Phi) is 3.11. The third-order valence-electron chi connectivity index (χ3n) is 3.27. The minimum atomic E-state index is 0.832. The fourth-order valence-corrected chi connectivity index (χ4v) is 2.16. The Morgan fingerprint density at radius 1 is 0.947 bits per heavy atom. The van der Waals surface area contributed by atoms with Crippen molar-refractivity contribution in [3.05, 3.63) is 72.8 Å². The summed E-state index contributed by atoms with van der Waals surface area (Å²) in [5, 5.41) is 3.46. The van der Waals surface area contributed by atoms with Gasteiger partial charge in [0.25, 0.3) is 0 Å². The molecule has 0 aliphatic rings. The molecular formula is C16H17N3. The Labute approximate surface area is 113 Å². The molecular weight excluding hydrogens is 234 g/mol. The molecule has 1 aromatic carbocycles. The zero-order valence-electron chi connectivity index (χ0n) is 11.0. The lowest BCUT2D eigenvalue weighted by molar-refractivity contribution is 0.842. The molecule has 2 aromatic heterocycles. The van der Waals surface area contributed by atoms with Gasteiger partial charge in [0.05, 0.1) is 6.54 Å². The summed E-state index contributed by atoms with van der Waals surface area (Å²) in [6.07, 6.45) is 6.17. The van der Waals surface area contributed by atoms with E-state index >= 15 is 0 Å². The summed E-state index contributed by atoms with van der Waals surface area (Å²) in [6, 6.07) is 16.7. The van der Waals surface area contributed by atoms with Crippen molar-refractivity contribution in [3.63, 3.8) is 0 Å². The minimum Gasteiger partial charge on any atom is -0.379 e. The van der Waals surface area contributed by atoms with Crippen LogP contribution in [0.15, 0.2) is 67.1 Å². The van der Waals surface area contributed by atoms with Crippen molar-refractivity contribution in [2.24, 2.45) is 7.05 Å². The number of aromatic nitrogens is 2. The molecule has 3 rings (SSSR count). The Morgan fingerprint density at radius 3 is 2.53 bits per heavy atom. The average molecular weight is 251 g/mol. The maximum Gasteiger partial charge on any atom is 0.0553 e. The standard InChI is InChI=1S/C16H17N3/c1-18-9-5-8-16(18)13-17-14-6-4-7-15(12-14)19-10-2-3-11-19/h2-12,17H,13H2,1H3. The van der Waals surface area contributed by atoms with Gasteiger partial charge in [0.2, 0.25) is 0 Å². The summed E-state index contributed by atoms with van der Waals surface area (Å²) in [6.45, 7) is 0.832. The van der Waals surface area contributed by atoms with E-state index in [-0.39, 0.29) is 0 Å². The number of aryl methyl sites for hydroxylation is 1. The Balaban J connectivity index is 1.75. The number of nitrogens with one attached hydrogen (secondary N) is 1. The summed E-state index contributed by atoms with van der Waals surface area (Å²) >= 11 is 0. The molecule has 3 aromatic rings. The highest BCUT2D eigenvalue weighted by atomic mass is 15.0. The van der Waals surface area contributed by atoms with Gasteiger partial charge in [0.1, 0.15) is 0 Å². The van der Waals surface area contributed by atoms with Crippen molar-refractivity contribution in [1.82, 2.24) is 9.13 Å². The molecule has 19 heavy (non-hydrogen) atoms. The molecule has 2 heterocycles. The second-order valence-corrected chi connectivity index (χ2v) is 4.60. The topological polar surface area (TPSA) is 21.9 Å². The Hall–Kier alpha value is -2.42. The van der Waals surface area contributed by atoms with Gasteiger partial charge in [-0.15, -0.1) is 0 Å². The van der Waals surface area contributed by atoms with Gasteiger partial charge >= 0.3 is 0 Å². The van der Waals surface area contributed by atoms with Gasteiger partial charge in [-0.25, -0.2) is 0 Å². The van der Waals surface area contributed by atoms with Crippen molar-refractivity contribution < 1.29 is 0 Å². The number of hydrogen-bond acceptors (Lipinski definition) is 1. The molecule has 96 valence electrons. The van der Waals surface area contributed by atoms with Gasteiger partial charge in [-0.05, 0) is 42.5 Å². The number of rotatable bonds is 4. The summed E-state index contributed by atoms with van der Waals surface area (Å²) in [5.74, 6) is 0. The van der Waals surface area contributed by atoms with E-state index in [1.54, 1.807) is 0 Å². The SMILES string of the molecule is Cn1cccc1CNc1cccc(-n2cccc2)c1. The van der Waals surface area contributed by atoms with Crippen LogP contribution in [0.3, 0.4) is 0 Å². The molecule has 0 saturated heterocycles. The highest BCUT2D eigenvalue weighted by Crippen LogP contribution is 2.15. The first kappa shape index (κ1) is 11.7. The minimum absolute atomic E-state index is 0.832. The number of nitrogens with zero attached hydrogens (tertiary/aromatic N) is 2.